The number of nitrogens with zero attached hydrogens (tertiary/aromatic N) is 4. The number of aromatic nitrogens is 3. The van der Waals surface area contributed by atoms with Crippen LogP contribution in [-0.2, 0) is 6.42 Å². The third kappa shape index (κ3) is 3.01. The zero-order chi connectivity index (χ0) is 12.3. The van der Waals surface area contributed by atoms with Crippen LogP contribution in [0.3, 0.4) is 0 Å². The Bertz CT molecular complexity index is 494. The fourth-order valence-corrected chi connectivity index (χ4v) is 1.37. The highest BCUT2D eigenvalue weighted by Gasteiger charge is 2.09. The number of pyridine rings is 1. The number of nitrogen functional groups attached to an aromatic ring is 1. The molecule has 0 saturated carbocycles. The van der Waals surface area contributed by atoms with Gasteiger partial charge in [0.15, 0.2) is 5.82 Å². The summed E-state index contributed by atoms with van der Waals surface area (Å²) in [4.78, 5) is 10.3. The van der Waals surface area contributed by atoms with Gasteiger partial charge in [0.25, 0.3) is 5.89 Å². The molecule has 6 nitrogen and oxygen atoms in total. The highest BCUT2D eigenvalue weighted by atomic mass is 16.5. The number of hydrogen-bond acceptors (Lipinski definition) is 6. The average Bonchev–Trinajstić information content (AvgIpc) is 2.75. The molecule has 0 atom stereocenters. The average molecular weight is 233 g/mol. The minimum Gasteiger partial charge on any atom is -0.397 e. The van der Waals surface area contributed by atoms with Gasteiger partial charge in [-0.2, -0.15) is 4.98 Å². The lowest BCUT2D eigenvalue weighted by Gasteiger charge is -2.05. The molecule has 0 aliphatic carbocycles. The van der Waals surface area contributed by atoms with E-state index in [1.807, 2.05) is 14.1 Å². The second-order valence-corrected chi connectivity index (χ2v) is 4.08. The molecule has 2 rings (SSSR count). The Hall–Kier alpha value is -1.95. The van der Waals surface area contributed by atoms with Gasteiger partial charge in [-0.1, -0.05) is 5.16 Å². The Kier molecular flexibility index (Phi) is 3.34. The number of anilines is 1. The summed E-state index contributed by atoms with van der Waals surface area (Å²) in [5.41, 5.74) is 6.97. The lowest BCUT2D eigenvalue weighted by Crippen LogP contribution is -2.15. The summed E-state index contributed by atoms with van der Waals surface area (Å²) < 4.78 is 5.16. The lowest BCUT2D eigenvalue weighted by molar-refractivity contribution is 0.392. The van der Waals surface area contributed by atoms with Gasteiger partial charge in [-0.3, -0.25) is 4.98 Å². The smallest absolute Gasteiger partial charge is 0.259 e. The molecular weight excluding hydrogens is 218 g/mol. The number of nitrogens with two attached hydrogens (primary N) is 1. The largest absolute Gasteiger partial charge is 0.397 e. The molecule has 2 heterocycles. The summed E-state index contributed by atoms with van der Waals surface area (Å²) in [7, 11) is 4.01. The monoisotopic (exact) mass is 233 g/mol. The Morgan fingerprint density at radius 1 is 1.35 bits per heavy atom. The van der Waals surface area contributed by atoms with Crippen molar-refractivity contribution in [3.8, 4) is 11.5 Å². The molecule has 0 amide bonds. The van der Waals surface area contributed by atoms with Gasteiger partial charge in [-0.25, -0.2) is 0 Å². The molecule has 0 aliphatic heterocycles. The molecule has 0 saturated heterocycles. The Labute approximate surface area is 99.5 Å². The van der Waals surface area contributed by atoms with Crippen LogP contribution in [-0.4, -0.2) is 40.7 Å². The fraction of sp³-hybridized carbons (Fsp3) is 0.364. The summed E-state index contributed by atoms with van der Waals surface area (Å²) in [6.45, 7) is 0.883. The molecular formula is C11H15N5O. The quantitative estimate of drug-likeness (QED) is 0.842. The molecule has 2 aromatic rings. The van der Waals surface area contributed by atoms with Crippen LogP contribution < -0.4 is 5.73 Å². The number of likely N-dealkylation sites (N-methyl/N-ethyl adjacent to an activating group) is 1. The van der Waals surface area contributed by atoms with E-state index in [2.05, 4.69) is 20.0 Å². The first-order valence-corrected chi connectivity index (χ1v) is 5.33. The van der Waals surface area contributed by atoms with Crippen LogP contribution in [0.4, 0.5) is 5.69 Å². The van der Waals surface area contributed by atoms with Gasteiger partial charge in [0, 0.05) is 25.4 Å². The van der Waals surface area contributed by atoms with E-state index in [0.717, 1.165) is 18.5 Å². The maximum absolute atomic E-state index is 5.64. The van der Waals surface area contributed by atoms with Gasteiger partial charge in [0.1, 0.15) is 0 Å². The minimum absolute atomic E-state index is 0.457. The minimum atomic E-state index is 0.457. The first-order valence-electron chi connectivity index (χ1n) is 5.33. The lowest BCUT2D eigenvalue weighted by atomic mass is 10.2. The fourth-order valence-electron chi connectivity index (χ4n) is 1.37. The van der Waals surface area contributed by atoms with E-state index in [4.69, 9.17) is 10.3 Å². The van der Waals surface area contributed by atoms with Crippen LogP contribution in [0.5, 0.6) is 0 Å². The van der Waals surface area contributed by atoms with E-state index in [-0.39, 0.29) is 0 Å². The van der Waals surface area contributed by atoms with E-state index in [1.54, 1.807) is 18.5 Å². The van der Waals surface area contributed by atoms with Gasteiger partial charge >= 0.3 is 0 Å². The number of hydrogen-bond donors (Lipinski definition) is 1. The number of rotatable bonds is 4. The van der Waals surface area contributed by atoms with Crippen molar-refractivity contribution in [2.24, 2.45) is 0 Å². The van der Waals surface area contributed by atoms with Crippen molar-refractivity contribution in [1.82, 2.24) is 20.0 Å². The topological polar surface area (TPSA) is 81.1 Å². The summed E-state index contributed by atoms with van der Waals surface area (Å²) in [6, 6.07) is 1.76. The molecule has 0 bridgehead atoms. The summed E-state index contributed by atoms with van der Waals surface area (Å²) in [6.07, 6.45) is 3.98. The Morgan fingerprint density at radius 2 is 2.18 bits per heavy atom. The standard InChI is InChI=1S/C11H15N5O/c1-16(2)4-3-10-14-11(17-15-10)8-5-9(12)7-13-6-8/h5-7H,3-4,12H2,1-2H3. The van der Waals surface area contributed by atoms with Crippen LogP contribution in [0, 0.1) is 0 Å². The van der Waals surface area contributed by atoms with E-state index in [1.165, 1.54) is 0 Å². The summed E-state index contributed by atoms with van der Waals surface area (Å²) in [5, 5.41) is 3.91. The van der Waals surface area contributed by atoms with Crippen molar-refractivity contribution in [3.05, 3.63) is 24.3 Å². The van der Waals surface area contributed by atoms with Gasteiger partial charge in [-0.15, -0.1) is 0 Å². The van der Waals surface area contributed by atoms with E-state index in [0.29, 0.717) is 17.4 Å². The van der Waals surface area contributed by atoms with Crippen molar-refractivity contribution in [3.63, 3.8) is 0 Å². The maximum atomic E-state index is 5.64. The predicted molar refractivity (Wildman–Crippen MR) is 64.2 cm³/mol. The van der Waals surface area contributed by atoms with Crippen LogP contribution in [0.2, 0.25) is 0 Å². The van der Waals surface area contributed by atoms with Crippen LogP contribution in [0.25, 0.3) is 11.5 Å². The van der Waals surface area contributed by atoms with Gasteiger partial charge < -0.3 is 15.2 Å². The van der Waals surface area contributed by atoms with E-state index in [9.17, 15) is 0 Å². The maximum Gasteiger partial charge on any atom is 0.259 e. The molecule has 0 fully saturated rings. The van der Waals surface area contributed by atoms with Crippen LogP contribution in [0.1, 0.15) is 5.82 Å². The molecule has 0 radical (unpaired) electrons. The zero-order valence-corrected chi connectivity index (χ0v) is 9.92. The first-order chi connectivity index (χ1) is 8.15. The predicted octanol–water partition coefficient (Wildman–Crippen LogP) is 0.818. The van der Waals surface area contributed by atoms with Crippen molar-refractivity contribution in [2.75, 3.05) is 26.4 Å². The Morgan fingerprint density at radius 3 is 2.88 bits per heavy atom. The van der Waals surface area contributed by atoms with Crippen molar-refractivity contribution < 1.29 is 4.52 Å². The molecule has 90 valence electrons. The van der Waals surface area contributed by atoms with Gasteiger partial charge in [-0.05, 0) is 20.2 Å². The van der Waals surface area contributed by atoms with E-state index >= 15 is 0 Å². The Balaban J connectivity index is 2.12. The molecule has 2 N–H and O–H groups in total. The molecule has 0 spiro atoms. The second kappa shape index (κ2) is 4.92. The summed E-state index contributed by atoms with van der Waals surface area (Å²) >= 11 is 0. The molecule has 0 aromatic carbocycles. The third-order valence-electron chi connectivity index (χ3n) is 2.26. The van der Waals surface area contributed by atoms with Gasteiger partial charge in [0.2, 0.25) is 0 Å². The third-order valence-corrected chi connectivity index (χ3v) is 2.26. The molecule has 6 heteroatoms. The molecule has 0 aliphatic rings. The zero-order valence-electron chi connectivity index (χ0n) is 9.92. The SMILES string of the molecule is CN(C)CCc1noc(-c2cncc(N)c2)n1. The highest BCUT2D eigenvalue weighted by Crippen LogP contribution is 2.17. The highest BCUT2D eigenvalue weighted by molar-refractivity contribution is 5.57. The van der Waals surface area contributed by atoms with Gasteiger partial charge in [0.05, 0.1) is 11.3 Å². The van der Waals surface area contributed by atoms with Crippen molar-refractivity contribution in [2.45, 2.75) is 6.42 Å². The summed E-state index contributed by atoms with van der Waals surface area (Å²) in [5.74, 6) is 1.15. The van der Waals surface area contributed by atoms with Crippen LogP contribution >= 0.6 is 0 Å². The van der Waals surface area contributed by atoms with Crippen molar-refractivity contribution >= 4 is 5.69 Å². The van der Waals surface area contributed by atoms with E-state index < -0.39 is 0 Å². The van der Waals surface area contributed by atoms with Crippen molar-refractivity contribution in [1.29, 1.82) is 0 Å². The second-order valence-electron chi connectivity index (χ2n) is 4.08. The first kappa shape index (κ1) is 11.5. The normalized spacial score (nSPS) is 11.0. The molecule has 2 aromatic heterocycles. The molecule has 17 heavy (non-hydrogen) atoms. The van der Waals surface area contributed by atoms with Crippen LogP contribution in [0.15, 0.2) is 23.0 Å². The molecule has 0 unspecified atom stereocenters.